The van der Waals surface area contributed by atoms with Crippen LogP contribution in [0.15, 0.2) is 24.3 Å². The van der Waals surface area contributed by atoms with Gasteiger partial charge in [-0.3, -0.25) is 4.79 Å². The Morgan fingerprint density at radius 3 is 2.94 bits per heavy atom. The van der Waals surface area contributed by atoms with Crippen molar-refractivity contribution in [3.05, 3.63) is 33.5 Å². The van der Waals surface area contributed by atoms with E-state index in [1.807, 2.05) is 12.1 Å². The lowest BCUT2D eigenvalue weighted by Gasteiger charge is -2.22. The van der Waals surface area contributed by atoms with Gasteiger partial charge in [-0.25, -0.2) is 0 Å². The molecule has 0 saturated heterocycles. The van der Waals surface area contributed by atoms with Crippen LogP contribution in [0.2, 0.25) is 0 Å². The summed E-state index contributed by atoms with van der Waals surface area (Å²) in [5.74, 6) is -0.919. The van der Waals surface area contributed by atoms with Gasteiger partial charge in [0.2, 0.25) is 0 Å². The first kappa shape index (κ1) is 11.1. The van der Waals surface area contributed by atoms with Gasteiger partial charge in [0.25, 0.3) is 0 Å². The summed E-state index contributed by atoms with van der Waals surface area (Å²) in [4.78, 5) is 11.1. The summed E-state index contributed by atoms with van der Waals surface area (Å²) in [6.45, 7) is 0.605. The van der Waals surface area contributed by atoms with Crippen molar-refractivity contribution in [1.82, 2.24) is 4.57 Å². The molecule has 0 fully saturated rings. The van der Waals surface area contributed by atoms with Gasteiger partial charge in [0.1, 0.15) is 0 Å². The molecule has 1 aliphatic rings. The predicted molar refractivity (Wildman–Crippen MR) is 74.1 cm³/mol. The average Bonchev–Trinajstić information content (AvgIpc) is 2.64. The van der Waals surface area contributed by atoms with E-state index in [0.29, 0.717) is 6.54 Å². The van der Waals surface area contributed by atoms with Gasteiger partial charge in [-0.1, -0.05) is 18.2 Å². The molecule has 0 saturated carbocycles. The number of aliphatic carboxylic acids is 1. The number of para-hydroxylation sites is 1. The molecule has 4 heteroatoms. The van der Waals surface area contributed by atoms with Crippen molar-refractivity contribution in [2.24, 2.45) is 5.92 Å². The Balaban J connectivity index is 2.18. The second-order valence-corrected chi connectivity index (χ2v) is 5.54. The van der Waals surface area contributed by atoms with E-state index in [2.05, 4.69) is 39.3 Å². The molecule has 0 aliphatic carbocycles. The highest BCUT2D eigenvalue weighted by atomic mass is 127. The first-order chi connectivity index (χ1) is 8.18. The molecule has 1 unspecified atom stereocenters. The Kier molecular flexibility index (Phi) is 2.61. The van der Waals surface area contributed by atoms with E-state index in [4.69, 9.17) is 5.11 Å². The van der Waals surface area contributed by atoms with Gasteiger partial charge in [0, 0.05) is 26.7 Å². The third kappa shape index (κ3) is 1.66. The first-order valence-electron chi connectivity index (χ1n) is 5.67. The normalized spacial score (nSPS) is 19.2. The van der Waals surface area contributed by atoms with Crippen molar-refractivity contribution < 1.29 is 9.90 Å². The smallest absolute Gasteiger partial charge is 0.308 e. The number of benzene rings is 1. The topological polar surface area (TPSA) is 42.2 Å². The van der Waals surface area contributed by atoms with Gasteiger partial charge in [-0.05, 0) is 41.5 Å². The van der Waals surface area contributed by atoms with E-state index in [0.717, 1.165) is 18.4 Å². The molecular formula is C13H12INO2. The van der Waals surface area contributed by atoms with Crippen molar-refractivity contribution in [2.45, 2.75) is 19.4 Å². The highest BCUT2D eigenvalue weighted by molar-refractivity contribution is 14.1. The predicted octanol–water partition coefficient (Wildman–Crippen LogP) is 2.89. The van der Waals surface area contributed by atoms with Gasteiger partial charge in [0.05, 0.1) is 5.92 Å². The average molecular weight is 341 g/mol. The Bertz CT molecular complexity index is 603. The lowest BCUT2D eigenvalue weighted by molar-refractivity contribution is -0.142. The standard InChI is InChI=1S/C13H12INO2/c14-12-9-3-1-2-4-10(9)15-7-8(13(16)17)5-6-11(12)15/h1-4,8H,5-7H2,(H,16,17). The fourth-order valence-electron chi connectivity index (χ4n) is 2.59. The molecule has 1 aromatic carbocycles. The highest BCUT2D eigenvalue weighted by Gasteiger charge is 2.27. The fourth-order valence-corrected chi connectivity index (χ4v) is 3.61. The summed E-state index contributed by atoms with van der Waals surface area (Å²) >= 11 is 2.37. The van der Waals surface area contributed by atoms with Crippen molar-refractivity contribution in [3.8, 4) is 0 Å². The Morgan fingerprint density at radius 1 is 1.41 bits per heavy atom. The lowest BCUT2D eigenvalue weighted by atomic mass is 9.98. The highest BCUT2D eigenvalue weighted by Crippen LogP contribution is 2.33. The molecule has 2 heterocycles. The molecular weight excluding hydrogens is 329 g/mol. The number of nitrogens with zero attached hydrogens (tertiary/aromatic N) is 1. The summed E-state index contributed by atoms with van der Waals surface area (Å²) in [5.41, 5.74) is 2.46. The van der Waals surface area contributed by atoms with Gasteiger partial charge >= 0.3 is 5.97 Å². The Morgan fingerprint density at radius 2 is 2.18 bits per heavy atom. The number of carbonyl (C=O) groups is 1. The van der Waals surface area contributed by atoms with Gasteiger partial charge < -0.3 is 9.67 Å². The lowest BCUT2D eigenvalue weighted by Crippen LogP contribution is -2.26. The molecule has 1 atom stereocenters. The van der Waals surface area contributed by atoms with E-state index >= 15 is 0 Å². The monoisotopic (exact) mass is 341 g/mol. The maximum atomic E-state index is 11.1. The zero-order chi connectivity index (χ0) is 12.0. The van der Waals surface area contributed by atoms with E-state index < -0.39 is 5.97 Å². The molecule has 3 nitrogen and oxygen atoms in total. The molecule has 0 spiro atoms. The number of hydrogen-bond acceptors (Lipinski definition) is 1. The van der Waals surface area contributed by atoms with Crippen LogP contribution in [0.5, 0.6) is 0 Å². The minimum atomic E-state index is -0.677. The Hall–Kier alpha value is -1.04. The summed E-state index contributed by atoms with van der Waals surface area (Å²) in [5, 5.41) is 10.4. The third-order valence-corrected chi connectivity index (χ3v) is 4.70. The molecule has 0 bridgehead atoms. The molecule has 88 valence electrons. The number of halogens is 1. The largest absolute Gasteiger partial charge is 0.481 e. The molecule has 1 aromatic heterocycles. The quantitative estimate of drug-likeness (QED) is 0.811. The first-order valence-corrected chi connectivity index (χ1v) is 6.74. The van der Waals surface area contributed by atoms with E-state index in [1.54, 1.807) is 0 Å². The van der Waals surface area contributed by atoms with Crippen molar-refractivity contribution in [2.75, 3.05) is 0 Å². The Labute approximate surface area is 113 Å². The van der Waals surface area contributed by atoms with Crippen LogP contribution in [-0.2, 0) is 17.8 Å². The van der Waals surface area contributed by atoms with E-state index in [-0.39, 0.29) is 5.92 Å². The van der Waals surface area contributed by atoms with Crippen molar-refractivity contribution in [1.29, 1.82) is 0 Å². The van der Waals surface area contributed by atoms with Crippen molar-refractivity contribution >= 4 is 39.5 Å². The number of hydrogen-bond donors (Lipinski definition) is 1. The van der Waals surface area contributed by atoms with Crippen LogP contribution in [0.4, 0.5) is 0 Å². The van der Waals surface area contributed by atoms with Crippen molar-refractivity contribution in [3.63, 3.8) is 0 Å². The number of aromatic nitrogens is 1. The summed E-state index contributed by atoms with van der Waals surface area (Å²) < 4.78 is 3.46. The minimum Gasteiger partial charge on any atom is -0.481 e. The second-order valence-electron chi connectivity index (χ2n) is 4.46. The number of fused-ring (bicyclic) bond motifs is 3. The molecule has 0 radical (unpaired) electrons. The van der Waals surface area contributed by atoms with Crippen LogP contribution in [-0.4, -0.2) is 15.6 Å². The van der Waals surface area contributed by atoms with Crippen LogP contribution in [0.25, 0.3) is 10.9 Å². The second kappa shape index (κ2) is 4.01. The summed E-state index contributed by atoms with van der Waals surface area (Å²) in [6, 6.07) is 8.23. The van der Waals surface area contributed by atoms with Crippen LogP contribution in [0.3, 0.4) is 0 Å². The van der Waals surface area contributed by atoms with Crippen LogP contribution >= 0.6 is 22.6 Å². The molecule has 1 N–H and O–H groups in total. The van der Waals surface area contributed by atoms with E-state index in [1.165, 1.54) is 14.7 Å². The van der Waals surface area contributed by atoms with Gasteiger partial charge in [-0.2, -0.15) is 0 Å². The van der Waals surface area contributed by atoms with Gasteiger partial charge in [-0.15, -0.1) is 0 Å². The number of carboxylic acid groups (broad SMARTS) is 1. The van der Waals surface area contributed by atoms with Crippen LogP contribution in [0, 0.1) is 9.49 Å². The minimum absolute atomic E-state index is 0.242. The number of carboxylic acids is 1. The molecule has 0 amide bonds. The SMILES string of the molecule is O=C(O)C1CCc2c(I)c3ccccc3n2C1. The summed E-state index contributed by atoms with van der Waals surface area (Å²) in [7, 11) is 0. The third-order valence-electron chi connectivity index (χ3n) is 3.49. The zero-order valence-electron chi connectivity index (χ0n) is 9.19. The fraction of sp³-hybridized carbons (Fsp3) is 0.308. The van der Waals surface area contributed by atoms with E-state index in [9.17, 15) is 4.79 Å². The van der Waals surface area contributed by atoms with Gasteiger partial charge in [0.15, 0.2) is 0 Å². The number of rotatable bonds is 1. The zero-order valence-corrected chi connectivity index (χ0v) is 11.3. The maximum absolute atomic E-state index is 11.1. The van der Waals surface area contributed by atoms with Crippen LogP contribution < -0.4 is 0 Å². The molecule has 2 aromatic rings. The molecule has 1 aliphatic heterocycles. The summed E-state index contributed by atoms with van der Waals surface area (Å²) in [6.07, 6.45) is 1.62. The van der Waals surface area contributed by atoms with Crippen LogP contribution in [0.1, 0.15) is 12.1 Å². The molecule has 3 rings (SSSR count). The molecule has 17 heavy (non-hydrogen) atoms. The maximum Gasteiger partial charge on any atom is 0.308 e.